The second kappa shape index (κ2) is 30.6. The molecule has 2 unspecified atom stereocenters. The number of piperidine rings is 1. The number of unbranched alkanes of at least 4 members (excludes halogenated alkanes) is 15. The summed E-state index contributed by atoms with van der Waals surface area (Å²) in [6, 6.07) is -0.238. The number of hydrogen-bond acceptors (Lipinski definition) is 13. The molecule has 0 aromatic heterocycles. The van der Waals surface area contributed by atoms with Gasteiger partial charge in [0.15, 0.2) is 0 Å². The van der Waals surface area contributed by atoms with Gasteiger partial charge in [0.1, 0.15) is 13.2 Å². The maximum atomic E-state index is 13.8. The average Bonchev–Trinajstić information content (AvgIpc) is 3.17. The number of hydrogen-bond donors (Lipinski definition) is 7. The Hall–Kier alpha value is -1.42. The predicted molar refractivity (Wildman–Crippen MR) is 230 cm³/mol. The van der Waals surface area contributed by atoms with E-state index in [-0.39, 0.29) is 67.9 Å². The van der Waals surface area contributed by atoms with Crippen molar-refractivity contribution < 1.29 is 54.8 Å². The largest absolute Gasteiger partial charge is 0.464 e. The Bertz CT molecular complexity index is 1010. The van der Waals surface area contributed by atoms with Gasteiger partial charge in [0, 0.05) is 32.5 Å². The fourth-order valence-electron chi connectivity index (χ4n) is 8.90. The molecule has 0 aromatic carbocycles. The Kier molecular flexibility index (Phi) is 27.9. The fraction of sp³-hybridized carbons (Fsp3) is 0.957. The highest BCUT2D eigenvalue weighted by Crippen LogP contribution is 2.41. The highest BCUT2D eigenvalue weighted by atomic mass is 16.7. The van der Waals surface area contributed by atoms with E-state index in [1.807, 2.05) is 0 Å². The molecule has 0 aliphatic carbocycles. The van der Waals surface area contributed by atoms with Gasteiger partial charge in [0.25, 0.3) is 11.9 Å². The van der Waals surface area contributed by atoms with Gasteiger partial charge in [-0.05, 0) is 89.3 Å². The fourth-order valence-corrected chi connectivity index (χ4v) is 8.90. The molecule has 2 atom stereocenters. The number of likely N-dealkylation sites (tertiary alicyclic amines) is 2. The van der Waals surface area contributed by atoms with Crippen LogP contribution >= 0.6 is 0 Å². The highest BCUT2D eigenvalue weighted by molar-refractivity contribution is 5.73. The maximum absolute atomic E-state index is 13.8. The molecule has 2 saturated heterocycles. The van der Waals surface area contributed by atoms with E-state index in [9.17, 15) is 45.3 Å². The van der Waals surface area contributed by atoms with Crippen molar-refractivity contribution in [2.75, 3.05) is 52.5 Å². The molecule has 13 heteroatoms. The van der Waals surface area contributed by atoms with Gasteiger partial charge in [-0.25, -0.2) is 0 Å². The van der Waals surface area contributed by atoms with Crippen LogP contribution in [0.15, 0.2) is 0 Å². The SMILES string of the molecule is CCCCCCCC(CCCCCCC(O)(O)O)C(=O)OCC(COC(=O)C(CCCCCCC)CCCCCCC(O)(O)O)N1CC2(CCN(CCCCO)CC2)C1. The molecule has 0 amide bonds. The summed E-state index contributed by atoms with van der Waals surface area (Å²) < 4.78 is 12.3. The number of aliphatic hydroxyl groups excluding tert-OH is 1. The summed E-state index contributed by atoms with van der Waals surface area (Å²) in [4.78, 5) is 32.4. The third kappa shape index (κ3) is 25.3. The van der Waals surface area contributed by atoms with Crippen LogP contribution in [0.1, 0.15) is 194 Å². The number of esters is 2. The van der Waals surface area contributed by atoms with Crippen LogP contribution in [0.25, 0.3) is 0 Å². The van der Waals surface area contributed by atoms with Gasteiger partial charge < -0.3 is 50.1 Å². The van der Waals surface area contributed by atoms with Crippen LogP contribution in [0.3, 0.4) is 0 Å². The van der Waals surface area contributed by atoms with Crippen LogP contribution in [-0.4, -0.2) is 128 Å². The number of nitrogens with zero attached hydrogens (tertiary/aromatic N) is 2. The summed E-state index contributed by atoms with van der Waals surface area (Å²) in [5.41, 5.74) is 0.214. The van der Waals surface area contributed by atoms with Crippen molar-refractivity contribution in [3.63, 3.8) is 0 Å². The normalized spacial score (nSPS) is 17.8. The summed E-state index contributed by atoms with van der Waals surface area (Å²) in [5.74, 6) is -6.14. The Morgan fingerprint density at radius 2 is 0.949 bits per heavy atom. The second-order valence-electron chi connectivity index (χ2n) is 18.3. The molecule has 2 fully saturated rings. The minimum absolute atomic E-state index is 0.106. The summed E-state index contributed by atoms with van der Waals surface area (Å²) in [6.07, 6.45) is 23.4. The molecule has 2 aliphatic heterocycles. The van der Waals surface area contributed by atoms with Crippen molar-refractivity contribution in [2.45, 2.75) is 212 Å². The van der Waals surface area contributed by atoms with E-state index in [2.05, 4.69) is 23.6 Å². The highest BCUT2D eigenvalue weighted by Gasteiger charge is 2.47. The second-order valence-corrected chi connectivity index (χ2v) is 18.3. The molecule has 348 valence electrons. The van der Waals surface area contributed by atoms with Gasteiger partial charge in [-0.2, -0.15) is 0 Å². The number of carbonyl (C=O) groups excluding carboxylic acids is 2. The molecule has 0 aromatic rings. The van der Waals surface area contributed by atoms with Crippen LogP contribution in [-0.2, 0) is 19.1 Å². The van der Waals surface area contributed by atoms with Crippen LogP contribution < -0.4 is 0 Å². The first-order chi connectivity index (χ1) is 28.2. The van der Waals surface area contributed by atoms with E-state index < -0.39 is 11.9 Å². The van der Waals surface area contributed by atoms with Crippen molar-refractivity contribution in [2.24, 2.45) is 17.3 Å². The topological polar surface area (TPSA) is 201 Å². The lowest BCUT2D eigenvalue weighted by molar-refractivity contribution is -0.316. The summed E-state index contributed by atoms with van der Waals surface area (Å²) in [6.45, 7) is 9.78. The molecule has 7 N–H and O–H groups in total. The summed E-state index contributed by atoms with van der Waals surface area (Å²) in [5, 5.41) is 64.4. The molecule has 0 saturated carbocycles. The number of aliphatic hydroxyl groups is 7. The average molecular weight is 845 g/mol. The molecular formula is C46H88N2O11. The van der Waals surface area contributed by atoms with Crippen molar-refractivity contribution in [3.8, 4) is 0 Å². The Balaban J connectivity index is 2.07. The van der Waals surface area contributed by atoms with Gasteiger partial charge in [-0.1, -0.05) is 117 Å². The van der Waals surface area contributed by atoms with E-state index in [0.717, 1.165) is 161 Å². The summed E-state index contributed by atoms with van der Waals surface area (Å²) in [7, 11) is 0. The van der Waals surface area contributed by atoms with E-state index >= 15 is 0 Å². The van der Waals surface area contributed by atoms with E-state index in [0.29, 0.717) is 25.7 Å². The van der Waals surface area contributed by atoms with Crippen molar-refractivity contribution in [1.82, 2.24) is 9.80 Å². The third-order valence-corrected chi connectivity index (χ3v) is 12.8. The van der Waals surface area contributed by atoms with E-state index in [1.165, 1.54) is 12.8 Å². The lowest BCUT2D eigenvalue weighted by Crippen LogP contribution is -2.64. The van der Waals surface area contributed by atoms with Gasteiger partial charge in [-0.15, -0.1) is 0 Å². The van der Waals surface area contributed by atoms with Gasteiger partial charge in [0.05, 0.1) is 17.9 Å². The molecule has 13 nitrogen and oxygen atoms in total. The lowest BCUT2D eigenvalue weighted by Gasteiger charge is -2.56. The Labute approximate surface area is 357 Å². The zero-order chi connectivity index (χ0) is 43.4. The minimum Gasteiger partial charge on any atom is -0.464 e. The monoisotopic (exact) mass is 845 g/mol. The molecule has 0 bridgehead atoms. The molecule has 2 heterocycles. The first kappa shape index (κ1) is 53.7. The quantitative estimate of drug-likeness (QED) is 0.0203. The lowest BCUT2D eigenvalue weighted by atomic mass is 9.71. The zero-order valence-electron chi connectivity index (χ0n) is 37.3. The maximum Gasteiger partial charge on any atom is 0.308 e. The number of rotatable bonds is 37. The van der Waals surface area contributed by atoms with Gasteiger partial charge in [0.2, 0.25) is 0 Å². The van der Waals surface area contributed by atoms with Gasteiger partial charge >= 0.3 is 11.9 Å². The van der Waals surface area contributed by atoms with E-state index in [4.69, 9.17) is 9.47 Å². The van der Waals surface area contributed by atoms with Crippen molar-refractivity contribution >= 4 is 11.9 Å². The van der Waals surface area contributed by atoms with Crippen LogP contribution in [0.4, 0.5) is 0 Å². The van der Waals surface area contributed by atoms with E-state index in [1.54, 1.807) is 0 Å². The van der Waals surface area contributed by atoms with Crippen LogP contribution in [0.2, 0.25) is 0 Å². The van der Waals surface area contributed by atoms with Crippen LogP contribution in [0.5, 0.6) is 0 Å². The molecule has 2 rings (SSSR count). The molecule has 2 aliphatic rings. The predicted octanol–water partition coefficient (Wildman–Crippen LogP) is 6.51. The number of ether oxygens (including phenoxy) is 2. The van der Waals surface area contributed by atoms with Gasteiger partial charge in [-0.3, -0.25) is 14.5 Å². The number of carbonyl (C=O) groups is 2. The molecule has 0 radical (unpaired) electrons. The molecule has 59 heavy (non-hydrogen) atoms. The smallest absolute Gasteiger partial charge is 0.308 e. The summed E-state index contributed by atoms with van der Waals surface area (Å²) >= 11 is 0. The third-order valence-electron chi connectivity index (χ3n) is 12.8. The molecular weight excluding hydrogens is 757 g/mol. The standard InChI is InChI=1S/C46H88N2O11/c1-3-5-7-9-15-23-39(25-17-11-13-19-27-45(52,53)54)42(50)58-35-41(48-37-44(38-48)29-32-47(33-30-44)31-21-22-34-49)36-59-43(51)40(24-16-10-8-6-4-2)26-18-12-14-20-28-46(55,56)57/h39-41,49,52-57H,3-38H2,1-2H3. The van der Waals surface area contributed by atoms with Crippen molar-refractivity contribution in [1.29, 1.82) is 0 Å². The minimum atomic E-state index is -2.64. The first-order valence-electron chi connectivity index (χ1n) is 24.0. The first-order valence-corrected chi connectivity index (χ1v) is 24.0. The van der Waals surface area contributed by atoms with Crippen LogP contribution in [0, 0.1) is 17.3 Å². The van der Waals surface area contributed by atoms with Crippen molar-refractivity contribution in [3.05, 3.63) is 0 Å². The Morgan fingerprint density at radius 1 is 0.559 bits per heavy atom. The zero-order valence-corrected chi connectivity index (χ0v) is 37.3. The molecule has 1 spiro atoms. The Morgan fingerprint density at radius 3 is 1.32 bits per heavy atom.